The van der Waals surface area contributed by atoms with Crippen molar-refractivity contribution in [1.82, 2.24) is 4.98 Å². The van der Waals surface area contributed by atoms with E-state index < -0.39 is 41.7 Å². The molecule has 0 spiro atoms. The number of aromatic nitrogens is 1. The van der Waals surface area contributed by atoms with Gasteiger partial charge in [0.15, 0.2) is 0 Å². The predicted octanol–water partition coefficient (Wildman–Crippen LogP) is 6.33. The van der Waals surface area contributed by atoms with E-state index in [1.54, 1.807) is 0 Å². The van der Waals surface area contributed by atoms with Gasteiger partial charge in [0, 0.05) is 42.6 Å². The second-order valence-electron chi connectivity index (χ2n) is 9.01. The molecule has 1 aromatic heterocycles. The van der Waals surface area contributed by atoms with Gasteiger partial charge in [-0.2, -0.15) is 0 Å². The van der Waals surface area contributed by atoms with Crippen LogP contribution in [0.3, 0.4) is 0 Å². The first-order valence-electron chi connectivity index (χ1n) is 11.4. The summed E-state index contributed by atoms with van der Waals surface area (Å²) in [5, 5.41) is 0. The van der Waals surface area contributed by atoms with E-state index in [2.05, 4.69) is 4.98 Å². The van der Waals surface area contributed by atoms with Gasteiger partial charge >= 0.3 is 0 Å². The highest BCUT2D eigenvalue weighted by molar-refractivity contribution is 5.99. The Morgan fingerprint density at radius 1 is 1.11 bits per heavy atom. The van der Waals surface area contributed by atoms with Gasteiger partial charge in [-0.1, -0.05) is 6.07 Å². The maximum Gasteiger partial charge on any atom is 0.272 e. The molecule has 4 nitrogen and oxygen atoms in total. The Bertz CT molecular complexity index is 1280. The predicted molar refractivity (Wildman–Crippen MR) is 124 cm³/mol. The minimum absolute atomic E-state index is 0.00228. The normalized spacial score (nSPS) is 16.2. The van der Waals surface area contributed by atoms with Crippen LogP contribution in [0.2, 0.25) is 0 Å². The van der Waals surface area contributed by atoms with Gasteiger partial charge in [-0.25, -0.2) is 22.0 Å². The van der Waals surface area contributed by atoms with E-state index in [4.69, 9.17) is 4.74 Å². The van der Waals surface area contributed by atoms with Crippen molar-refractivity contribution < 1.29 is 31.5 Å². The van der Waals surface area contributed by atoms with Gasteiger partial charge in [0.25, 0.3) is 5.92 Å². The number of fused-ring (bicyclic) bond motifs is 1. The van der Waals surface area contributed by atoms with Crippen LogP contribution in [-0.4, -0.2) is 18.0 Å². The van der Waals surface area contributed by atoms with Crippen LogP contribution in [0.1, 0.15) is 52.8 Å². The Balaban J connectivity index is 1.80. The van der Waals surface area contributed by atoms with E-state index in [9.17, 15) is 26.7 Å². The molecular formula is C27H25F5N2O2. The number of methoxy groups -OCH3 is 1. The number of anilines is 1. The topological polar surface area (TPSA) is 42.4 Å². The molecule has 0 fully saturated rings. The Morgan fingerprint density at radius 3 is 2.44 bits per heavy atom. The van der Waals surface area contributed by atoms with Gasteiger partial charge in [-0.05, 0) is 61.2 Å². The molecule has 1 atom stereocenters. The minimum Gasteiger partial charge on any atom is -0.380 e. The van der Waals surface area contributed by atoms with Gasteiger partial charge in [-0.15, -0.1) is 0 Å². The molecule has 0 saturated carbocycles. The van der Waals surface area contributed by atoms with Crippen LogP contribution < -0.4 is 4.90 Å². The fraction of sp³-hybridized carbons (Fsp3) is 0.333. The lowest BCUT2D eigenvalue weighted by Crippen LogP contribution is -2.35. The van der Waals surface area contributed by atoms with E-state index in [0.717, 1.165) is 24.0 Å². The molecule has 2 heterocycles. The second-order valence-corrected chi connectivity index (χ2v) is 9.01. The minimum atomic E-state index is -3.19. The van der Waals surface area contributed by atoms with Gasteiger partial charge < -0.3 is 9.64 Å². The van der Waals surface area contributed by atoms with E-state index in [-0.39, 0.29) is 58.6 Å². The van der Waals surface area contributed by atoms with Crippen LogP contribution >= 0.6 is 0 Å². The third-order valence-electron chi connectivity index (χ3n) is 6.44. The van der Waals surface area contributed by atoms with Crippen molar-refractivity contribution in [2.24, 2.45) is 0 Å². The second kappa shape index (κ2) is 9.97. The van der Waals surface area contributed by atoms with Gasteiger partial charge in [-0.3, -0.25) is 9.78 Å². The number of pyridine rings is 1. The molecule has 36 heavy (non-hydrogen) atoms. The van der Waals surface area contributed by atoms with Crippen molar-refractivity contribution in [1.29, 1.82) is 0 Å². The number of alkyl halides is 2. The Morgan fingerprint density at radius 2 is 1.81 bits per heavy atom. The molecule has 0 bridgehead atoms. The zero-order chi connectivity index (χ0) is 26.2. The maximum atomic E-state index is 14.9. The molecule has 0 radical (unpaired) electrons. The quantitative estimate of drug-likeness (QED) is 0.369. The molecule has 0 aliphatic carbocycles. The zero-order valence-electron chi connectivity index (χ0n) is 20.0. The molecule has 0 N–H and O–H groups in total. The van der Waals surface area contributed by atoms with Crippen LogP contribution in [-0.2, 0) is 35.0 Å². The molecule has 2 aromatic carbocycles. The lowest BCUT2D eigenvalue weighted by atomic mass is 9.91. The van der Waals surface area contributed by atoms with Crippen molar-refractivity contribution >= 4 is 11.6 Å². The fourth-order valence-electron chi connectivity index (χ4n) is 4.64. The average Bonchev–Trinajstić information content (AvgIpc) is 2.93. The molecule has 3 aromatic rings. The Hall–Kier alpha value is -3.33. The standard InChI is InChI=1S/C27H25F5N2O2/c1-15-21(27(2,31)32)11-17(12-33-15)18-7-8-19-22(28)5-4-6-25(19)34(26(18)35)13-20-23(29)9-16(14-36-3)10-24(20)30/h4-6,9-12,18H,7-8,13-14H2,1-3H3. The fourth-order valence-corrected chi connectivity index (χ4v) is 4.64. The molecule has 1 aliphatic heterocycles. The molecular weight excluding hydrogens is 479 g/mol. The number of rotatable bonds is 6. The number of aryl methyl sites for hydroxylation is 1. The number of hydrogen-bond donors (Lipinski definition) is 0. The number of carbonyl (C=O) groups is 1. The highest BCUT2D eigenvalue weighted by atomic mass is 19.3. The summed E-state index contributed by atoms with van der Waals surface area (Å²) in [6, 6.07) is 7.63. The van der Waals surface area contributed by atoms with Crippen LogP contribution in [0.5, 0.6) is 0 Å². The highest BCUT2D eigenvalue weighted by Crippen LogP contribution is 2.38. The van der Waals surface area contributed by atoms with Crippen LogP contribution in [0, 0.1) is 24.4 Å². The Labute approximate surface area is 205 Å². The first kappa shape index (κ1) is 25.8. The van der Waals surface area contributed by atoms with Gasteiger partial charge in [0.1, 0.15) is 17.5 Å². The van der Waals surface area contributed by atoms with E-state index >= 15 is 0 Å². The number of nitrogens with zero attached hydrogens (tertiary/aromatic N) is 2. The summed E-state index contributed by atoms with van der Waals surface area (Å²) in [5.41, 5.74) is 0.340. The van der Waals surface area contributed by atoms with Crippen molar-refractivity contribution in [3.63, 3.8) is 0 Å². The first-order chi connectivity index (χ1) is 17.0. The molecule has 1 unspecified atom stereocenters. The monoisotopic (exact) mass is 504 g/mol. The number of carbonyl (C=O) groups excluding carboxylic acids is 1. The van der Waals surface area contributed by atoms with Crippen LogP contribution in [0.15, 0.2) is 42.6 Å². The van der Waals surface area contributed by atoms with Crippen LogP contribution in [0.25, 0.3) is 0 Å². The largest absolute Gasteiger partial charge is 0.380 e. The van der Waals surface area contributed by atoms with Gasteiger partial charge in [0.05, 0.1) is 24.8 Å². The smallest absolute Gasteiger partial charge is 0.272 e. The van der Waals surface area contributed by atoms with Crippen molar-refractivity contribution in [2.45, 2.75) is 51.7 Å². The summed E-state index contributed by atoms with van der Waals surface area (Å²) >= 11 is 0. The highest BCUT2D eigenvalue weighted by Gasteiger charge is 2.35. The summed E-state index contributed by atoms with van der Waals surface area (Å²) in [4.78, 5) is 19.0. The molecule has 4 rings (SSSR count). The number of halogens is 5. The molecule has 9 heteroatoms. The number of benzene rings is 2. The SMILES string of the molecule is COCc1cc(F)c(CN2C(=O)C(c3cnc(C)c(C(C)(F)F)c3)CCc3c(F)cccc32)c(F)c1. The van der Waals surface area contributed by atoms with E-state index in [1.165, 1.54) is 44.5 Å². The number of amides is 1. The van der Waals surface area contributed by atoms with E-state index in [1.807, 2.05) is 0 Å². The molecule has 0 saturated heterocycles. The molecule has 1 aliphatic rings. The summed E-state index contributed by atoms with van der Waals surface area (Å²) < 4.78 is 77.9. The number of ether oxygens (including phenoxy) is 1. The number of hydrogen-bond acceptors (Lipinski definition) is 3. The lowest BCUT2D eigenvalue weighted by molar-refractivity contribution is -0.120. The van der Waals surface area contributed by atoms with Crippen LogP contribution in [0.4, 0.5) is 27.6 Å². The van der Waals surface area contributed by atoms with E-state index in [0.29, 0.717) is 0 Å². The summed E-state index contributed by atoms with van der Waals surface area (Å²) in [6.07, 6.45) is 1.58. The van der Waals surface area contributed by atoms with Crippen molar-refractivity contribution in [3.8, 4) is 0 Å². The lowest BCUT2D eigenvalue weighted by Gasteiger charge is -2.27. The first-order valence-corrected chi connectivity index (χ1v) is 11.4. The maximum absolute atomic E-state index is 14.9. The average molecular weight is 504 g/mol. The molecule has 1 amide bonds. The van der Waals surface area contributed by atoms with Gasteiger partial charge in [0.2, 0.25) is 5.91 Å². The molecule has 190 valence electrons. The summed E-state index contributed by atoms with van der Waals surface area (Å²) in [5.74, 6) is -7.06. The Kier molecular flexibility index (Phi) is 7.13. The zero-order valence-corrected chi connectivity index (χ0v) is 20.0. The summed E-state index contributed by atoms with van der Waals surface area (Å²) in [6.45, 7) is 1.68. The third-order valence-corrected chi connectivity index (χ3v) is 6.44. The summed E-state index contributed by atoms with van der Waals surface area (Å²) in [7, 11) is 1.39. The van der Waals surface area contributed by atoms with Crippen molar-refractivity contribution in [2.75, 3.05) is 12.0 Å². The van der Waals surface area contributed by atoms with Crippen molar-refractivity contribution in [3.05, 3.63) is 93.6 Å². The third kappa shape index (κ3) is 4.97.